The lowest BCUT2D eigenvalue weighted by Crippen LogP contribution is -2.45. The van der Waals surface area contributed by atoms with Crippen LogP contribution in [0.5, 0.6) is 0 Å². The normalized spacial score (nSPS) is 19.1. The Morgan fingerprint density at radius 3 is 3.10 bits per heavy atom. The van der Waals surface area contributed by atoms with E-state index in [0.717, 1.165) is 34.7 Å². The van der Waals surface area contributed by atoms with Crippen molar-refractivity contribution in [2.45, 2.75) is 6.10 Å². The molecule has 0 spiro atoms. The number of benzene rings is 1. The number of thiophene rings is 1. The number of nitrogens with zero attached hydrogens (tertiary/aromatic N) is 1. The van der Waals surface area contributed by atoms with E-state index in [1.165, 1.54) is 0 Å². The van der Waals surface area contributed by atoms with Crippen LogP contribution < -0.4 is 5.32 Å². The van der Waals surface area contributed by atoms with Gasteiger partial charge in [0, 0.05) is 31.4 Å². The topological polar surface area (TPSA) is 41.6 Å². The van der Waals surface area contributed by atoms with E-state index < -0.39 is 0 Å². The Morgan fingerprint density at radius 2 is 2.35 bits per heavy atom. The third kappa shape index (κ3) is 2.85. The minimum absolute atomic E-state index is 0.0698. The second-order valence-electron chi connectivity index (χ2n) is 5.03. The molecule has 1 atom stereocenters. The van der Waals surface area contributed by atoms with Gasteiger partial charge < -0.3 is 15.0 Å². The first-order valence-corrected chi connectivity index (χ1v) is 7.62. The number of nitrogens with one attached hydrogen (secondary N) is 1. The van der Waals surface area contributed by atoms with Gasteiger partial charge in [0.15, 0.2) is 0 Å². The molecule has 1 aliphatic heterocycles. The molecule has 2 aromatic rings. The lowest BCUT2D eigenvalue weighted by molar-refractivity contribution is 0.0105. The van der Waals surface area contributed by atoms with Crippen LogP contribution in [0.25, 0.3) is 10.1 Å². The van der Waals surface area contributed by atoms with Crippen LogP contribution in [0.4, 0.5) is 0 Å². The first-order chi connectivity index (χ1) is 9.74. The minimum Gasteiger partial charge on any atom is -0.374 e. The number of carbonyl (C=O) groups excluding carboxylic acids is 1. The molecule has 1 aromatic heterocycles. The molecular formula is C15H18N2O2S. The highest BCUT2D eigenvalue weighted by atomic mass is 32.1. The average Bonchev–Trinajstić information content (AvgIpc) is 2.91. The van der Waals surface area contributed by atoms with Crippen LogP contribution in [0.15, 0.2) is 30.3 Å². The smallest absolute Gasteiger partial charge is 0.263 e. The van der Waals surface area contributed by atoms with E-state index in [9.17, 15) is 4.79 Å². The molecule has 0 bridgehead atoms. The van der Waals surface area contributed by atoms with Crippen LogP contribution in [-0.4, -0.2) is 50.2 Å². The second-order valence-corrected chi connectivity index (χ2v) is 6.11. The standard InChI is InChI=1S/C15H18N2O2S/c1-17(10-12-9-16-6-7-19-12)15(18)14-8-11-4-2-3-5-13(11)20-14/h2-5,8,12,16H,6-7,9-10H2,1H3. The van der Waals surface area contributed by atoms with E-state index >= 15 is 0 Å². The van der Waals surface area contributed by atoms with Crippen molar-refractivity contribution < 1.29 is 9.53 Å². The van der Waals surface area contributed by atoms with E-state index in [1.54, 1.807) is 16.2 Å². The molecule has 2 heterocycles. The molecule has 3 rings (SSSR count). The summed E-state index contributed by atoms with van der Waals surface area (Å²) >= 11 is 1.55. The number of hydrogen-bond acceptors (Lipinski definition) is 4. The Labute approximate surface area is 122 Å². The van der Waals surface area contributed by atoms with Crippen LogP contribution in [-0.2, 0) is 4.74 Å². The zero-order valence-corrected chi connectivity index (χ0v) is 12.3. The molecule has 0 saturated carbocycles. The first kappa shape index (κ1) is 13.5. The molecule has 1 aromatic carbocycles. The number of ether oxygens (including phenoxy) is 1. The van der Waals surface area contributed by atoms with Gasteiger partial charge in [-0.05, 0) is 17.5 Å². The van der Waals surface area contributed by atoms with Gasteiger partial charge in [0.1, 0.15) is 0 Å². The maximum atomic E-state index is 12.4. The summed E-state index contributed by atoms with van der Waals surface area (Å²) in [6.07, 6.45) is 0.0899. The summed E-state index contributed by atoms with van der Waals surface area (Å²) in [5, 5.41) is 4.41. The Balaban J connectivity index is 1.70. The quantitative estimate of drug-likeness (QED) is 0.939. The van der Waals surface area contributed by atoms with Gasteiger partial charge in [0.05, 0.1) is 17.6 Å². The Kier molecular flexibility index (Phi) is 4.00. The highest BCUT2D eigenvalue weighted by Crippen LogP contribution is 2.26. The van der Waals surface area contributed by atoms with E-state index in [1.807, 2.05) is 37.4 Å². The predicted molar refractivity (Wildman–Crippen MR) is 81.4 cm³/mol. The average molecular weight is 290 g/mol. The maximum absolute atomic E-state index is 12.4. The molecule has 106 valence electrons. The van der Waals surface area contributed by atoms with Gasteiger partial charge in [-0.1, -0.05) is 18.2 Å². The fraction of sp³-hybridized carbons (Fsp3) is 0.400. The molecule has 1 aliphatic rings. The summed E-state index contributed by atoms with van der Waals surface area (Å²) in [7, 11) is 1.84. The number of rotatable bonds is 3. The molecule has 1 N–H and O–H groups in total. The van der Waals surface area contributed by atoms with Gasteiger partial charge in [-0.25, -0.2) is 0 Å². The summed E-state index contributed by atoms with van der Waals surface area (Å²) in [5.74, 6) is 0.0698. The van der Waals surface area contributed by atoms with E-state index in [2.05, 4.69) is 5.32 Å². The van der Waals surface area contributed by atoms with Gasteiger partial charge in [-0.3, -0.25) is 4.79 Å². The molecule has 20 heavy (non-hydrogen) atoms. The van der Waals surface area contributed by atoms with Crippen molar-refractivity contribution in [3.63, 3.8) is 0 Å². The number of amides is 1. The van der Waals surface area contributed by atoms with Gasteiger partial charge in [-0.2, -0.15) is 0 Å². The summed E-state index contributed by atoms with van der Waals surface area (Å²) in [5.41, 5.74) is 0. The Morgan fingerprint density at radius 1 is 1.50 bits per heavy atom. The third-order valence-corrected chi connectivity index (χ3v) is 4.57. The molecule has 1 fully saturated rings. The van der Waals surface area contributed by atoms with E-state index in [-0.39, 0.29) is 12.0 Å². The SMILES string of the molecule is CN(CC1CNCCO1)C(=O)c1cc2ccccc2s1. The number of hydrogen-bond donors (Lipinski definition) is 1. The van der Waals surface area contributed by atoms with Crippen molar-refractivity contribution in [1.82, 2.24) is 10.2 Å². The molecule has 4 nitrogen and oxygen atoms in total. The second kappa shape index (κ2) is 5.91. The molecule has 1 unspecified atom stereocenters. The monoisotopic (exact) mass is 290 g/mol. The zero-order valence-electron chi connectivity index (χ0n) is 11.5. The minimum atomic E-state index is 0.0698. The Bertz CT molecular complexity index is 572. The van der Waals surface area contributed by atoms with E-state index in [0.29, 0.717) is 6.54 Å². The van der Waals surface area contributed by atoms with Crippen molar-refractivity contribution in [2.75, 3.05) is 33.3 Å². The van der Waals surface area contributed by atoms with Crippen LogP contribution in [0, 0.1) is 0 Å². The lowest BCUT2D eigenvalue weighted by atomic mass is 10.2. The van der Waals surface area contributed by atoms with Crippen molar-refractivity contribution in [1.29, 1.82) is 0 Å². The largest absolute Gasteiger partial charge is 0.374 e. The van der Waals surface area contributed by atoms with Crippen LogP contribution in [0.3, 0.4) is 0 Å². The highest BCUT2D eigenvalue weighted by molar-refractivity contribution is 7.20. The predicted octanol–water partition coefficient (Wildman–Crippen LogP) is 1.96. The van der Waals surface area contributed by atoms with Crippen LogP contribution >= 0.6 is 11.3 Å². The summed E-state index contributed by atoms with van der Waals surface area (Å²) < 4.78 is 6.79. The zero-order chi connectivity index (χ0) is 13.9. The summed E-state index contributed by atoms with van der Waals surface area (Å²) in [4.78, 5) is 15.0. The van der Waals surface area contributed by atoms with Crippen LogP contribution in [0.2, 0.25) is 0 Å². The molecule has 0 aliphatic carbocycles. The number of morpholine rings is 1. The molecular weight excluding hydrogens is 272 g/mol. The summed E-state index contributed by atoms with van der Waals surface area (Å²) in [6.45, 7) is 3.05. The molecule has 1 saturated heterocycles. The third-order valence-electron chi connectivity index (χ3n) is 3.46. The first-order valence-electron chi connectivity index (χ1n) is 6.80. The summed E-state index contributed by atoms with van der Waals surface area (Å²) in [6, 6.07) is 10.0. The van der Waals surface area contributed by atoms with Gasteiger partial charge in [-0.15, -0.1) is 11.3 Å². The molecule has 1 amide bonds. The lowest BCUT2D eigenvalue weighted by Gasteiger charge is -2.27. The van der Waals surface area contributed by atoms with Crippen molar-refractivity contribution in [3.05, 3.63) is 35.2 Å². The van der Waals surface area contributed by atoms with Gasteiger partial charge in [0.2, 0.25) is 0 Å². The van der Waals surface area contributed by atoms with Crippen molar-refractivity contribution >= 4 is 27.3 Å². The van der Waals surface area contributed by atoms with Gasteiger partial charge >= 0.3 is 0 Å². The van der Waals surface area contributed by atoms with Gasteiger partial charge in [0.25, 0.3) is 5.91 Å². The fourth-order valence-corrected chi connectivity index (χ4v) is 3.46. The highest BCUT2D eigenvalue weighted by Gasteiger charge is 2.20. The van der Waals surface area contributed by atoms with E-state index in [4.69, 9.17) is 4.74 Å². The number of fused-ring (bicyclic) bond motifs is 1. The van der Waals surface area contributed by atoms with Crippen molar-refractivity contribution in [2.24, 2.45) is 0 Å². The number of likely N-dealkylation sites (N-methyl/N-ethyl adjacent to an activating group) is 1. The number of carbonyl (C=O) groups is 1. The molecule has 5 heteroatoms. The van der Waals surface area contributed by atoms with Crippen LogP contribution in [0.1, 0.15) is 9.67 Å². The fourth-order valence-electron chi connectivity index (χ4n) is 2.40. The molecule has 0 radical (unpaired) electrons. The Hall–Kier alpha value is -1.43. The maximum Gasteiger partial charge on any atom is 0.263 e. The van der Waals surface area contributed by atoms with Crippen molar-refractivity contribution in [3.8, 4) is 0 Å².